The average Bonchev–Trinajstić information content (AvgIpc) is 2.24. The van der Waals surface area contributed by atoms with Crippen LogP contribution in [0.2, 0.25) is 0 Å². The second-order valence-corrected chi connectivity index (χ2v) is 6.50. The first-order valence-corrected chi connectivity index (χ1v) is 7.92. The van der Waals surface area contributed by atoms with Gasteiger partial charge in [-0.2, -0.15) is 11.8 Å². The predicted molar refractivity (Wildman–Crippen MR) is 79.1 cm³/mol. The molecule has 0 heterocycles. The van der Waals surface area contributed by atoms with E-state index < -0.39 is 5.60 Å². The van der Waals surface area contributed by atoms with Crippen molar-refractivity contribution in [3.63, 3.8) is 0 Å². The van der Waals surface area contributed by atoms with Crippen LogP contribution in [0, 0.1) is 5.92 Å². The van der Waals surface area contributed by atoms with Crippen LogP contribution in [0.15, 0.2) is 0 Å². The fraction of sp³-hybridized carbons (Fsp3) is 0.923. The molecular formula is C13H28N2O2S. The van der Waals surface area contributed by atoms with Gasteiger partial charge in [-0.25, -0.2) is 4.79 Å². The first-order chi connectivity index (χ1) is 8.26. The maximum Gasteiger partial charge on any atom is 0.315 e. The molecule has 0 aliphatic heterocycles. The van der Waals surface area contributed by atoms with Crippen molar-refractivity contribution in [2.24, 2.45) is 5.92 Å². The van der Waals surface area contributed by atoms with Crippen molar-refractivity contribution in [3.05, 3.63) is 0 Å². The molecule has 0 aromatic rings. The summed E-state index contributed by atoms with van der Waals surface area (Å²) in [5.41, 5.74) is -0.849. The molecule has 0 bridgehead atoms. The van der Waals surface area contributed by atoms with E-state index in [0.717, 1.165) is 12.8 Å². The van der Waals surface area contributed by atoms with E-state index in [9.17, 15) is 9.90 Å². The fourth-order valence-electron chi connectivity index (χ4n) is 1.56. The zero-order valence-electron chi connectivity index (χ0n) is 12.2. The quantitative estimate of drug-likeness (QED) is 0.637. The minimum absolute atomic E-state index is 0.165. The van der Waals surface area contributed by atoms with Gasteiger partial charge < -0.3 is 15.7 Å². The smallest absolute Gasteiger partial charge is 0.315 e. The lowest BCUT2D eigenvalue weighted by Crippen LogP contribution is -2.48. The topological polar surface area (TPSA) is 61.4 Å². The predicted octanol–water partition coefficient (Wildman–Crippen LogP) is 2.22. The number of hydrogen-bond acceptors (Lipinski definition) is 3. The number of carbonyl (C=O) groups is 1. The van der Waals surface area contributed by atoms with Crippen molar-refractivity contribution in [2.75, 3.05) is 18.6 Å². The highest BCUT2D eigenvalue weighted by Crippen LogP contribution is 2.09. The molecule has 3 N–H and O–H groups in total. The van der Waals surface area contributed by atoms with Crippen LogP contribution in [0.25, 0.3) is 0 Å². The minimum Gasteiger partial charge on any atom is -0.387 e. The molecule has 0 saturated carbocycles. The van der Waals surface area contributed by atoms with Crippen LogP contribution in [-0.4, -0.2) is 41.3 Å². The van der Waals surface area contributed by atoms with E-state index in [2.05, 4.69) is 24.5 Å². The highest BCUT2D eigenvalue weighted by molar-refractivity contribution is 7.98. The van der Waals surface area contributed by atoms with Gasteiger partial charge >= 0.3 is 6.03 Å². The van der Waals surface area contributed by atoms with Crippen LogP contribution < -0.4 is 10.6 Å². The van der Waals surface area contributed by atoms with E-state index >= 15 is 0 Å². The normalized spacial score (nSPS) is 16.2. The summed E-state index contributed by atoms with van der Waals surface area (Å²) in [5, 5.41) is 15.5. The monoisotopic (exact) mass is 276 g/mol. The second kappa shape index (κ2) is 8.64. The van der Waals surface area contributed by atoms with Crippen LogP contribution >= 0.6 is 11.8 Å². The SMILES string of the molecule is CSCC(C)(O)CNC(=O)NC(C)CCC(C)C. The van der Waals surface area contributed by atoms with Gasteiger partial charge in [0.25, 0.3) is 0 Å². The molecule has 4 nitrogen and oxygen atoms in total. The lowest BCUT2D eigenvalue weighted by atomic mass is 10.0. The third-order valence-electron chi connectivity index (χ3n) is 2.64. The molecule has 0 radical (unpaired) electrons. The van der Waals surface area contributed by atoms with Crippen molar-refractivity contribution < 1.29 is 9.90 Å². The number of nitrogens with one attached hydrogen (secondary N) is 2. The fourth-order valence-corrected chi connectivity index (χ4v) is 2.29. The Balaban J connectivity index is 3.83. The Morgan fingerprint density at radius 3 is 2.44 bits per heavy atom. The molecule has 0 aliphatic rings. The van der Waals surface area contributed by atoms with Crippen molar-refractivity contribution in [3.8, 4) is 0 Å². The van der Waals surface area contributed by atoms with Crippen LogP contribution in [0.1, 0.15) is 40.5 Å². The van der Waals surface area contributed by atoms with Crippen molar-refractivity contribution in [1.29, 1.82) is 0 Å². The molecule has 0 aromatic carbocycles. The molecule has 2 amide bonds. The maximum absolute atomic E-state index is 11.6. The summed E-state index contributed by atoms with van der Waals surface area (Å²) in [7, 11) is 0. The Hall–Kier alpha value is -0.420. The minimum atomic E-state index is -0.849. The van der Waals surface area contributed by atoms with Gasteiger partial charge in [-0.15, -0.1) is 0 Å². The summed E-state index contributed by atoms with van der Waals surface area (Å²) in [4.78, 5) is 11.6. The van der Waals surface area contributed by atoms with E-state index in [4.69, 9.17) is 0 Å². The van der Waals surface area contributed by atoms with Crippen LogP contribution in [-0.2, 0) is 0 Å². The van der Waals surface area contributed by atoms with E-state index in [-0.39, 0.29) is 18.6 Å². The molecular weight excluding hydrogens is 248 g/mol. The summed E-state index contributed by atoms with van der Waals surface area (Å²) < 4.78 is 0. The summed E-state index contributed by atoms with van der Waals surface area (Å²) in [6, 6.07) is -0.0365. The Kier molecular flexibility index (Phi) is 8.44. The molecule has 0 fully saturated rings. The summed E-state index contributed by atoms with van der Waals surface area (Å²) in [6.45, 7) is 8.35. The second-order valence-electron chi connectivity index (χ2n) is 5.63. The molecule has 18 heavy (non-hydrogen) atoms. The van der Waals surface area contributed by atoms with Gasteiger partial charge in [-0.3, -0.25) is 0 Å². The van der Waals surface area contributed by atoms with E-state index in [1.54, 1.807) is 18.7 Å². The van der Waals surface area contributed by atoms with Crippen LogP contribution in [0.5, 0.6) is 0 Å². The summed E-state index contributed by atoms with van der Waals surface area (Å²) >= 11 is 1.56. The average molecular weight is 276 g/mol. The number of hydrogen-bond donors (Lipinski definition) is 3. The number of aliphatic hydroxyl groups is 1. The largest absolute Gasteiger partial charge is 0.387 e. The third-order valence-corrected chi connectivity index (χ3v) is 3.55. The molecule has 2 unspecified atom stereocenters. The third kappa shape index (κ3) is 9.59. The first kappa shape index (κ1) is 17.6. The molecule has 108 valence electrons. The first-order valence-electron chi connectivity index (χ1n) is 6.52. The van der Waals surface area contributed by atoms with Gasteiger partial charge in [-0.05, 0) is 38.9 Å². The van der Waals surface area contributed by atoms with Gasteiger partial charge in [0.2, 0.25) is 0 Å². The van der Waals surface area contributed by atoms with Gasteiger partial charge in [0.05, 0.1) is 5.60 Å². The molecule has 0 rings (SSSR count). The molecule has 0 aliphatic carbocycles. The zero-order chi connectivity index (χ0) is 14.2. The lowest BCUT2D eigenvalue weighted by molar-refractivity contribution is 0.0868. The number of urea groups is 1. The highest BCUT2D eigenvalue weighted by atomic mass is 32.2. The highest BCUT2D eigenvalue weighted by Gasteiger charge is 2.20. The molecule has 0 spiro atoms. The summed E-state index contributed by atoms with van der Waals surface area (Å²) in [5.74, 6) is 1.26. The Bertz CT molecular complexity index is 245. The maximum atomic E-state index is 11.6. The lowest BCUT2D eigenvalue weighted by Gasteiger charge is -2.23. The standard InChI is InChI=1S/C13H28N2O2S/c1-10(2)6-7-11(3)15-12(16)14-8-13(4,17)9-18-5/h10-11,17H,6-9H2,1-5H3,(H2,14,15,16). The van der Waals surface area contributed by atoms with E-state index in [0.29, 0.717) is 11.7 Å². The van der Waals surface area contributed by atoms with E-state index in [1.807, 2.05) is 13.2 Å². The number of amides is 2. The molecule has 5 heteroatoms. The van der Waals surface area contributed by atoms with Gasteiger partial charge in [0, 0.05) is 18.3 Å². The van der Waals surface area contributed by atoms with Crippen molar-refractivity contribution in [2.45, 2.75) is 52.2 Å². The van der Waals surface area contributed by atoms with Crippen LogP contribution in [0.4, 0.5) is 4.79 Å². The van der Waals surface area contributed by atoms with E-state index in [1.165, 1.54) is 0 Å². The van der Waals surface area contributed by atoms with Crippen LogP contribution in [0.3, 0.4) is 0 Å². The number of carbonyl (C=O) groups excluding carboxylic acids is 1. The summed E-state index contributed by atoms with van der Waals surface area (Å²) in [6.07, 6.45) is 4.01. The molecule has 0 saturated heterocycles. The Morgan fingerprint density at radius 2 is 1.94 bits per heavy atom. The Morgan fingerprint density at radius 1 is 1.33 bits per heavy atom. The van der Waals surface area contributed by atoms with Gasteiger partial charge in [0.1, 0.15) is 0 Å². The Labute approximate surface area is 115 Å². The van der Waals surface area contributed by atoms with Gasteiger partial charge in [-0.1, -0.05) is 13.8 Å². The van der Waals surface area contributed by atoms with Crippen molar-refractivity contribution >= 4 is 17.8 Å². The number of rotatable bonds is 8. The number of thioether (sulfide) groups is 1. The molecule has 0 aromatic heterocycles. The zero-order valence-corrected chi connectivity index (χ0v) is 13.1. The van der Waals surface area contributed by atoms with Crippen molar-refractivity contribution in [1.82, 2.24) is 10.6 Å². The molecule has 2 atom stereocenters. The van der Waals surface area contributed by atoms with Gasteiger partial charge in [0.15, 0.2) is 0 Å².